The number of hydrogen-bond donors (Lipinski definition) is 1. The number of allylic oxidation sites excluding steroid dienone is 1. The summed E-state index contributed by atoms with van der Waals surface area (Å²) in [6, 6.07) is 7.98. The Labute approximate surface area is 172 Å². The average molecular weight is 395 g/mol. The second-order valence-corrected chi connectivity index (χ2v) is 8.35. The molecule has 2 aromatic heterocycles. The monoisotopic (exact) mass is 394 g/mol. The molecule has 6 nitrogen and oxygen atoms in total. The van der Waals surface area contributed by atoms with Gasteiger partial charge in [0.2, 0.25) is 5.91 Å². The van der Waals surface area contributed by atoms with Crippen LogP contribution in [0.4, 0.5) is 0 Å². The van der Waals surface area contributed by atoms with Gasteiger partial charge in [-0.25, -0.2) is 0 Å². The summed E-state index contributed by atoms with van der Waals surface area (Å²) in [5, 5.41) is 3.25. The van der Waals surface area contributed by atoms with Gasteiger partial charge in [-0.1, -0.05) is 12.1 Å². The van der Waals surface area contributed by atoms with E-state index in [0.717, 1.165) is 43.4 Å². The molecule has 0 radical (unpaired) electrons. The SMILES string of the molecule is C=CCCC(=O)NC1CCN(C)C12CCCN(C(=O)c1cc3ccccn3c1)C2. The summed E-state index contributed by atoms with van der Waals surface area (Å²) in [5.74, 6) is 0.150. The summed E-state index contributed by atoms with van der Waals surface area (Å²) in [5.41, 5.74) is 1.56. The maximum Gasteiger partial charge on any atom is 0.255 e. The quantitative estimate of drug-likeness (QED) is 0.794. The number of fused-ring (bicyclic) bond motifs is 1. The lowest BCUT2D eigenvalue weighted by Gasteiger charge is -2.47. The molecule has 1 spiro atoms. The van der Waals surface area contributed by atoms with Crippen molar-refractivity contribution in [1.82, 2.24) is 19.5 Å². The van der Waals surface area contributed by atoms with Crippen LogP contribution in [0.15, 0.2) is 49.3 Å². The zero-order valence-electron chi connectivity index (χ0n) is 17.1. The normalized spacial score (nSPS) is 24.9. The van der Waals surface area contributed by atoms with Crippen LogP contribution in [0.5, 0.6) is 0 Å². The first-order chi connectivity index (χ1) is 14.0. The van der Waals surface area contributed by atoms with E-state index in [-0.39, 0.29) is 23.4 Å². The fourth-order valence-electron chi connectivity index (χ4n) is 4.98. The molecule has 2 aliphatic heterocycles. The smallest absolute Gasteiger partial charge is 0.255 e. The van der Waals surface area contributed by atoms with Crippen molar-refractivity contribution in [3.63, 3.8) is 0 Å². The van der Waals surface area contributed by atoms with E-state index >= 15 is 0 Å². The Balaban J connectivity index is 1.52. The van der Waals surface area contributed by atoms with E-state index < -0.39 is 0 Å². The van der Waals surface area contributed by atoms with Crippen LogP contribution in [0.25, 0.3) is 5.52 Å². The van der Waals surface area contributed by atoms with E-state index in [1.807, 2.05) is 46.0 Å². The first-order valence-corrected chi connectivity index (χ1v) is 10.5. The van der Waals surface area contributed by atoms with Crippen molar-refractivity contribution in [2.45, 2.75) is 43.7 Å². The van der Waals surface area contributed by atoms with Gasteiger partial charge >= 0.3 is 0 Å². The maximum atomic E-state index is 13.3. The highest BCUT2D eigenvalue weighted by molar-refractivity contribution is 5.95. The Morgan fingerprint density at radius 2 is 2.21 bits per heavy atom. The van der Waals surface area contributed by atoms with E-state index in [0.29, 0.717) is 19.4 Å². The summed E-state index contributed by atoms with van der Waals surface area (Å²) in [7, 11) is 2.12. The number of carbonyl (C=O) groups excluding carboxylic acids is 2. The zero-order valence-corrected chi connectivity index (χ0v) is 17.1. The highest BCUT2D eigenvalue weighted by atomic mass is 16.2. The lowest BCUT2D eigenvalue weighted by molar-refractivity contribution is -0.122. The van der Waals surface area contributed by atoms with E-state index in [1.54, 1.807) is 6.08 Å². The molecule has 2 amide bonds. The number of nitrogens with one attached hydrogen (secondary N) is 1. The van der Waals surface area contributed by atoms with E-state index in [1.165, 1.54) is 0 Å². The second kappa shape index (κ2) is 8.03. The molecule has 0 bridgehead atoms. The lowest BCUT2D eigenvalue weighted by Crippen LogP contribution is -2.64. The fourth-order valence-corrected chi connectivity index (χ4v) is 4.98. The summed E-state index contributed by atoms with van der Waals surface area (Å²) < 4.78 is 1.98. The number of piperidine rings is 1. The molecule has 0 aromatic carbocycles. The third kappa shape index (κ3) is 3.69. The Morgan fingerprint density at radius 3 is 3.00 bits per heavy atom. The van der Waals surface area contributed by atoms with Crippen LogP contribution < -0.4 is 5.32 Å². The molecule has 0 saturated carbocycles. The van der Waals surface area contributed by atoms with Gasteiger partial charge in [0.1, 0.15) is 0 Å². The first-order valence-electron chi connectivity index (χ1n) is 10.5. The Kier molecular flexibility index (Phi) is 5.46. The summed E-state index contributed by atoms with van der Waals surface area (Å²) in [4.78, 5) is 30.0. The predicted octanol–water partition coefficient (Wildman–Crippen LogP) is 2.70. The van der Waals surface area contributed by atoms with Gasteiger partial charge in [-0.2, -0.15) is 0 Å². The number of rotatable bonds is 5. The fraction of sp³-hybridized carbons (Fsp3) is 0.478. The minimum atomic E-state index is -0.184. The molecule has 2 unspecified atom stereocenters. The molecule has 2 atom stereocenters. The maximum absolute atomic E-state index is 13.3. The molecule has 2 saturated heterocycles. The molecule has 0 aliphatic carbocycles. The molecule has 4 rings (SSSR count). The number of likely N-dealkylation sites (tertiary alicyclic amines) is 2. The molecule has 2 fully saturated rings. The van der Waals surface area contributed by atoms with Gasteiger partial charge in [0.25, 0.3) is 5.91 Å². The minimum Gasteiger partial charge on any atom is -0.351 e. The van der Waals surface area contributed by atoms with Crippen molar-refractivity contribution < 1.29 is 9.59 Å². The number of aromatic nitrogens is 1. The topological polar surface area (TPSA) is 57.1 Å². The van der Waals surface area contributed by atoms with Crippen LogP contribution in [0.1, 0.15) is 42.5 Å². The third-order valence-corrected chi connectivity index (χ3v) is 6.61. The van der Waals surface area contributed by atoms with Crippen molar-refractivity contribution >= 4 is 17.3 Å². The van der Waals surface area contributed by atoms with Crippen LogP contribution >= 0.6 is 0 Å². The molecule has 29 heavy (non-hydrogen) atoms. The molecule has 154 valence electrons. The Hall–Kier alpha value is -2.60. The van der Waals surface area contributed by atoms with Crippen LogP contribution in [0, 0.1) is 0 Å². The van der Waals surface area contributed by atoms with Crippen LogP contribution in [0.2, 0.25) is 0 Å². The van der Waals surface area contributed by atoms with E-state index in [2.05, 4.69) is 23.8 Å². The predicted molar refractivity (Wildman–Crippen MR) is 114 cm³/mol. The summed E-state index contributed by atoms with van der Waals surface area (Å²) >= 11 is 0. The minimum absolute atomic E-state index is 0.0739. The number of pyridine rings is 1. The highest BCUT2D eigenvalue weighted by Gasteiger charge is 2.50. The van der Waals surface area contributed by atoms with Crippen molar-refractivity contribution in [3.05, 3.63) is 54.9 Å². The van der Waals surface area contributed by atoms with Gasteiger partial charge < -0.3 is 14.6 Å². The summed E-state index contributed by atoms with van der Waals surface area (Å²) in [6.07, 6.45) is 9.68. The van der Waals surface area contributed by atoms with Gasteiger partial charge in [0.15, 0.2) is 0 Å². The van der Waals surface area contributed by atoms with E-state index in [4.69, 9.17) is 0 Å². The Morgan fingerprint density at radius 1 is 1.34 bits per heavy atom. The van der Waals surface area contributed by atoms with Crippen LogP contribution in [-0.2, 0) is 4.79 Å². The summed E-state index contributed by atoms with van der Waals surface area (Å²) in [6.45, 7) is 6.05. The van der Waals surface area contributed by atoms with Crippen molar-refractivity contribution in [3.8, 4) is 0 Å². The van der Waals surface area contributed by atoms with Gasteiger partial charge in [0.05, 0.1) is 17.1 Å². The van der Waals surface area contributed by atoms with Crippen LogP contribution in [0.3, 0.4) is 0 Å². The molecule has 1 N–H and O–H groups in total. The molecular formula is C23H30N4O2. The average Bonchev–Trinajstić information content (AvgIpc) is 3.29. The Bertz CT molecular complexity index is 887. The molecule has 6 heteroatoms. The molecular weight excluding hydrogens is 364 g/mol. The molecule has 2 aromatic rings. The number of carbonyl (C=O) groups is 2. The lowest BCUT2D eigenvalue weighted by atomic mass is 9.82. The van der Waals surface area contributed by atoms with Crippen molar-refractivity contribution in [2.24, 2.45) is 0 Å². The zero-order chi connectivity index (χ0) is 20.4. The molecule has 4 heterocycles. The second-order valence-electron chi connectivity index (χ2n) is 8.35. The number of amides is 2. The first kappa shape index (κ1) is 19.7. The van der Waals surface area contributed by atoms with E-state index in [9.17, 15) is 9.59 Å². The standard InChI is InChI=1S/C23H30N4O2/c1-3-4-9-21(28)24-20-10-14-25(2)23(20)11-7-13-27(17-23)22(29)18-15-19-8-5-6-12-26(19)16-18/h3,5-6,8,12,15-16,20H,1,4,7,9-11,13-14,17H2,2H3,(H,24,28). The molecule has 2 aliphatic rings. The number of nitrogens with zero attached hydrogens (tertiary/aromatic N) is 3. The van der Waals surface area contributed by atoms with Crippen LogP contribution in [-0.4, -0.2) is 64.3 Å². The van der Waals surface area contributed by atoms with Gasteiger partial charge in [0, 0.05) is 44.0 Å². The third-order valence-electron chi connectivity index (χ3n) is 6.61. The van der Waals surface area contributed by atoms with Gasteiger partial charge in [-0.3, -0.25) is 14.5 Å². The largest absolute Gasteiger partial charge is 0.351 e. The number of likely N-dealkylation sites (N-methyl/N-ethyl adjacent to an activating group) is 1. The van der Waals surface area contributed by atoms with Gasteiger partial charge in [-0.05, 0) is 50.9 Å². The van der Waals surface area contributed by atoms with Crippen molar-refractivity contribution in [1.29, 1.82) is 0 Å². The number of hydrogen-bond acceptors (Lipinski definition) is 3. The highest BCUT2D eigenvalue weighted by Crippen LogP contribution is 2.37. The van der Waals surface area contributed by atoms with Crippen molar-refractivity contribution in [2.75, 3.05) is 26.7 Å². The van der Waals surface area contributed by atoms with Gasteiger partial charge in [-0.15, -0.1) is 6.58 Å².